The maximum atomic E-state index is 11.8. The van der Waals surface area contributed by atoms with Crippen molar-refractivity contribution in [2.45, 2.75) is 19.9 Å². The Morgan fingerprint density at radius 3 is 2.84 bits per heavy atom. The van der Waals surface area contributed by atoms with Gasteiger partial charge in [0, 0.05) is 25.6 Å². The van der Waals surface area contributed by atoms with Gasteiger partial charge in [-0.25, -0.2) is 4.98 Å². The predicted molar refractivity (Wildman–Crippen MR) is 95.3 cm³/mol. The molecule has 1 heterocycles. The molecule has 0 fully saturated rings. The summed E-state index contributed by atoms with van der Waals surface area (Å²) in [5.41, 5.74) is 3.30. The van der Waals surface area contributed by atoms with E-state index in [9.17, 15) is 9.90 Å². The molecule has 0 spiro atoms. The lowest BCUT2D eigenvalue weighted by molar-refractivity contribution is -0.120. The minimum absolute atomic E-state index is 0.0686. The molecule has 0 aliphatic rings. The number of rotatable bonds is 7. The Hall–Kier alpha value is -2.86. The Balaban J connectivity index is 1.43. The number of phenolic OH excluding ortho intramolecular Hbond substituents is 1. The van der Waals surface area contributed by atoms with Gasteiger partial charge in [-0.3, -0.25) is 4.79 Å². The van der Waals surface area contributed by atoms with Crippen LogP contribution in [0.25, 0.3) is 11.1 Å². The SMILES string of the molecule is Cc1cc(O)cc2oc(CCNC(=O)CNCc3ccccc3)nc12. The highest BCUT2D eigenvalue weighted by atomic mass is 16.3. The third kappa shape index (κ3) is 4.58. The third-order valence-electron chi connectivity index (χ3n) is 3.83. The van der Waals surface area contributed by atoms with Crippen LogP contribution in [0, 0.1) is 6.92 Å². The first-order valence-electron chi connectivity index (χ1n) is 8.22. The number of hydrogen-bond acceptors (Lipinski definition) is 5. The number of hydrogen-bond donors (Lipinski definition) is 3. The monoisotopic (exact) mass is 339 g/mol. The fraction of sp³-hybridized carbons (Fsp3) is 0.263. The standard InChI is InChI=1S/C19H21N3O3/c1-13-9-15(23)10-16-19(13)22-18(25-16)7-8-21-17(24)12-20-11-14-5-3-2-4-6-14/h2-6,9-10,20,23H,7-8,11-12H2,1H3,(H,21,24). The number of carbonyl (C=O) groups excluding carboxylic acids is 1. The summed E-state index contributed by atoms with van der Waals surface area (Å²) in [6.07, 6.45) is 0.499. The van der Waals surface area contributed by atoms with Crippen LogP contribution in [-0.2, 0) is 17.8 Å². The molecule has 6 heteroatoms. The van der Waals surface area contributed by atoms with E-state index in [1.807, 2.05) is 37.3 Å². The van der Waals surface area contributed by atoms with Crippen LogP contribution in [0.15, 0.2) is 46.9 Å². The van der Waals surface area contributed by atoms with Crippen LogP contribution >= 0.6 is 0 Å². The van der Waals surface area contributed by atoms with Crippen molar-refractivity contribution < 1.29 is 14.3 Å². The minimum atomic E-state index is -0.0686. The molecule has 1 aromatic heterocycles. The van der Waals surface area contributed by atoms with Crippen LogP contribution in [-0.4, -0.2) is 29.1 Å². The first-order chi connectivity index (χ1) is 12.1. The second-order valence-electron chi connectivity index (χ2n) is 5.91. The lowest BCUT2D eigenvalue weighted by atomic mass is 10.2. The second-order valence-corrected chi connectivity index (χ2v) is 5.91. The largest absolute Gasteiger partial charge is 0.508 e. The molecule has 0 aliphatic heterocycles. The Morgan fingerprint density at radius 2 is 2.04 bits per heavy atom. The summed E-state index contributed by atoms with van der Waals surface area (Å²) in [5.74, 6) is 0.632. The number of oxazole rings is 1. The van der Waals surface area contributed by atoms with Crippen molar-refractivity contribution in [1.29, 1.82) is 0 Å². The van der Waals surface area contributed by atoms with Crippen molar-refractivity contribution >= 4 is 17.0 Å². The molecule has 0 saturated heterocycles. The van der Waals surface area contributed by atoms with Gasteiger partial charge in [-0.05, 0) is 24.1 Å². The van der Waals surface area contributed by atoms with Crippen LogP contribution in [0.2, 0.25) is 0 Å². The number of phenols is 1. The summed E-state index contributed by atoms with van der Waals surface area (Å²) in [5, 5.41) is 15.5. The van der Waals surface area contributed by atoms with Crippen molar-refractivity contribution in [2.75, 3.05) is 13.1 Å². The number of carbonyl (C=O) groups is 1. The van der Waals surface area contributed by atoms with Crippen molar-refractivity contribution in [3.8, 4) is 5.75 Å². The molecule has 1 amide bonds. The van der Waals surface area contributed by atoms with E-state index in [0.29, 0.717) is 31.0 Å². The summed E-state index contributed by atoms with van der Waals surface area (Å²) in [6, 6.07) is 13.1. The lowest BCUT2D eigenvalue weighted by Gasteiger charge is -2.06. The second kappa shape index (κ2) is 7.81. The minimum Gasteiger partial charge on any atom is -0.508 e. The van der Waals surface area contributed by atoms with Crippen molar-refractivity contribution in [2.24, 2.45) is 0 Å². The van der Waals surface area contributed by atoms with Gasteiger partial charge in [0.1, 0.15) is 11.3 Å². The van der Waals surface area contributed by atoms with E-state index in [-0.39, 0.29) is 18.2 Å². The Morgan fingerprint density at radius 1 is 1.24 bits per heavy atom. The first kappa shape index (κ1) is 17.0. The van der Waals surface area contributed by atoms with E-state index in [1.54, 1.807) is 12.1 Å². The third-order valence-corrected chi connectivity index (χ3v) is 3.83. The highest BCUT2D eigenvalue weighted by Gasteiger charge is 2.10. The zero-order chi connectivity index (χ0) is 17.6. The van der Waals surface area contributed by atoms with Crippen LogP contribution in [0.5, 0.6) is 5.75 Å². The number of nitrogens with one attached hydrogen (secondary N) is 2. The summed E-state index contributed by atoms with van der Waals surface area (Å²) in [7, 11) is 0. The van der Waals surface area contributed by atoms with E-state index < -0.39 is 0 Å². The molecule has 130 valence electrons. The predicted octanol–water partition coefficient (Wildman–Crippen LogP) is 2.29. The molecule has 25 heavy (non-hydrogen) atoms. The molecular formula is C19H21N3O3. The zero-order valence-corrected chi connectivity index (χ0v) is 14.1. The number of fused-ring (bicyclic) bond motifs is 1. The summed E-state index contributed by atoms with van der Waals surface area (Å²) in [6.45, 7) is 3.23. The van der Waals surface area contributed by atoms with Crippen LogP contribution in [0.1, 0.15) is 17.0 Å². The van der Waals surface area contributed by atoms with Gasteiger partial charge in [-0.2, -0.15) is 0 Å². The van der Waals surface area contributed by atoms with Gasteiger partial charge in [0.15, 0.2) is 11.5 Å². The molecule has 3 aromatic rings. The normalized spacial score (nSPS) is 10.9. The fourth-order valence-corrected chi connectivity index (χ4v) is 2.62. The van der Waals surface area contributed by atoms with Crippen LogP contribution < -0.4 is 10.6 Å². The fourth-order valence-electron chi connectivity index (χ4n) is 2.62. The van der Waals surface area contributed by atoms with Gasteiger partial charge < -0.3 is 20.2 Å². The maximum absolute atomic E-state index is 11.8. The van der Waals surface area contributed by atoms with Gasteiger partial charge >= 0.3 is 0 Å². The average molecular weight is 339 g/mol. The Labute approximate surface area is 145 Å². The Bertz CT molecular complexity index is 859. The first-order valence-corrected chi connectivity index (χ1v) is 8.22. The highest BCUT2D eigenvalue weighted by Crippen LogP contribution is 2.24. The Kier molecular flexibility index (Phi) is 5.30. The number of aryl methyl sites for hydroxylation is 1. The van der Waals surface area contributed by atoms with E-state index in [2.05, 4.69) is 15.6 Å². The van der Waals surface area contributed by atoms with Gasteiger partial charge in [0.25, 0.3) is 0 Å². The maximum Gasteiger partial charge on any atom is 0.233 e. The number of benzene rings is 2. The molecule has 0 saturated carbocycles. The molecule has 6 nitrogen and oxygen atoms in total. The quantitative estimate of drug-likeness (QED) is 0.615. The van der Waals surface area contributed by atoms with Crippen LogP contribution in [0.4, 0.5) is 0 Å². The van der Waals surface area contributed by atoms with Gasteiger partial charge in [0.05, 0.1) is 6.54 Å². The summed E-state index contributed by atoms with van der Waals surface area (Å²) >= 11 is 0. The lowest BCUT2D eigenvalue weighted by Crippen LogP contribution is -2.34. The molecule has 0 radical (unpaired) electrons. The van der Waals surface area contributed by atoms with E-state index in [0.717, 1.165) is 16.6 Å². The topological polar surface area (TPSA) is 87.4 Å². The molecule has 3 N–H and O–H groups in total. The van der Waals surface area contributed by atoms with E-state index >= 15 is 0 Å². The molecule has 0 bridgehead atoms. The van der Waals surface area contributed by atoms with Crippen LogP contribution in [0.3, 0.4) is 0 Å². The number of nitrogens with zero attached hydrogens (tertiary/aromatic N) is 1. The molecule has 2 aromatic carbocycles. The number of aromatic hydroxyl groups is 1. The van der Waals surface area contributed by atoms with E-state index in [4.69, 9.17) is 4.42 Å². The smallest absolute Gasteiger partial charge is 0.233 e. The van der Waals surface area contributed by atoms with Gasteiger partial charge in [0.2, 0.25) is 5.91 Å². The van der Waals surface area contributed by atoms with Crippen molar-refractivity contribution in [3.05, 3.63) is 59.5 Å². The van der Waals surface area contributed by atoms with Gasteiger partial charge in [-0.1, -0.05) is 30.3 Å². The van der Waals surface area contributed by atoms with Gasteiger partial charge in [-0.15, -0.1) is 0 Å². The number of aromatic nitrogens is 1. The summed E-state index contributed by atoms with van der Waals surface area (Å²) in [4.78, 5) is 16.2. The molecular weight excluding hydrogens is 318 g/mol. The average Bonchev–Trinajstić information content (AvgIpc) is 2.99. The number of amides is 1. The van der Waals surface area contributed by atoms with Crippen molar-refractivity contribution in [1.82, 2.24) is 15.6 Å². The van der Waals surface area contributed by atoms with E-state index in [1.165, 1.54) is 0 Å². The molecule has 0 atom stereocenters. The highest BCUT2D eigenvalue weighted by molar-refractivity contribution is 5.78. The summed E-state index contributed by atoms with van der Waals surface area (Å²) < 4.78 is 5.61. The molecule has 3 rings (SSSR count). The zero-order valence-electron chi connectivity index (χ0n) is 14.1. The molecule has 0 unspecified atom stereocenters. The van der Waals surface area contributed by atoms with Crippen molar-refractivity contribution in [3.63, 3.8) is 0 Å². The molecule has 0 aliphatic carbocycles.